The Morgan fingerprint density at radius 3 is 2.80 bits per heavy atom. The van der Waals surface area contributed by atoms with Gasteiger partial charge in [-0.15, -0.1) is 0 Å². The van der Waals surface area contributed by atoms with Gasteiger partial charge in [-0.2, -0.15) is 0 Å². The molecule has 0 radical (unpaired) electrons. The van der Waals surface area contributed by atoms with Crippen LogP contribution >= 0.6 is 0 Å². The fourth-order valence-corrected chi connectivity index (χ4v) is 2.41. The van der Waals surface area contributed by atoms with Crippen LogP contribution in [0.4, 0.5) is 0 Å². The molecule has 0 aliphatic carbocycles. The maximum Gasteiger partial charge on any atom is 0.286 e. The zero-order chi connectivity index (χ0) is 14.6. The van der Waals surface area contributed by atoms with Crippen molar-refractivity contribution in [3.63, 3.8) is 0 Å². The van der Waals surface area contributed by atoms with Gasteiger partial charge in [-0.25, -0.2) is 13.1 Å². The molecule has 0 unspecified atom stereocenters. The molecule has 2 rings (SSSR count). The Morgan fingerprint density at radius 2 is 2.15 bits per heavy atom. The Balaban J connectivity index is 2.10. The van der Waals surface area contributed by atoms with E-state index < -0.39 is 15.9 Å². The molecule has 0 aliphatic rings. The highest BCUT2D eigenvalue weighted by molar-refractivity contribution is 7.89. The van der Waals surface area contributed by atoms with E-state index in [2.05, 4.69) is 15.0 Å². The minimum absolute atomic E-state index is 0.0609. The van der Waals surface area contributed by atoms with Crippen molar-refractivity contribution in [2.24, 2.45) is 0 Å². The third-order valence-corrected chi connectivity index (χ3v) is 3.76. The van der Waals surface area contributed by atoms with Gasteiger partial charge in [-0.1, -0.05) is 6.07 Å². The predicted octanol–water partition coefficient (Wildman–Crippen LogP) is 0.513. The van der Waals surface area contributed by atoms with Crippen molar-refractivity contribution < 1.29 is 17.6 Å². The van der Waals surface area contributed by atoms with Crippen molar-refractivity contribution in [1.82, 2.24) is 15.0 Å². The van der Waals surface area contributed by atoms with Crippen LogP contribution < -0.4 is 10.0 Å². The molecule has 0 aliphatic heterocycles. The van der Waals surface area contributed by atoms with Crippen LogP contribution in [0.2, 0.25) is 0 Å². The number of amides is 1. The molecule has 20 heavy (non-hydrogen) atoms. The molecule has 0 aromatic carbocycles. The average molecular weight is 295 g/mol. The first-order valence-electron chi connectivity index (χ1n) is 5.73. The van der Waals surface area contributed by atoms with Gasteiger partial charge in [0.2, 0.25) is 5.09 Å². The number of pyridine rings is 1. The molecule has 0 bridgehead atoms. The molecule has 0 saturated heterocycles. The van der Waals surface area contributed by atoms with Gasteiger partial charge in [0.1, 0.15) is 0 Å². The monoisotopic (exact) mass is 295 g/mol. The van der Waals surface area contributed by atoms with Crippen molar-refractivity contribution in [1.29, 1.82) is 0 Å². The van der Waals surface area contributed by atoms with Gasteiger partial charge in [0.15, 0.2) is 5.76 Å². The third-order valence-electron chi connectivity index (χ3n) is 2.49. The Morgan fingerprint density at radius 1 is 1.35 bits per heavy atom. The first kappa shape index (κ1) is 14.2. The number of furan rings is 1. The molecule has 0 atom stereocenters. The summed E-state index contributed by atoms with van der Waals surface area (Å²) in [6, 6.07) is 5.99. The number of hydrogen-bond acceptors (Lipinski definition) is 5. The lowest BCUT2D eigenvalue weighted by molar-refractivity contribution is 0.0930. The highest BCUT2D eigenvalue weighted by atomic mass is 32.2. The summed E-state index contributed by atoms with van der Waals surface area (Å²) in [5, 5.41) is 2.04. The molecular weight excluding hydrogens is 282 g/mol. The third kappa shape index (κ3) is 3.22. The molecule has 8 heteroatoms. The van der Waals surface area contributed by atoms with Gasteiger partial charge in [-0.3, -0.25) is 9.78 Å². The lowest BCUT2D eigenvalue weighted by atomic mass is 10.3. The molecule has 106 valence electrons. The van der Waals surface area contributed by atoms with Gasteiger partial charge in [0.25, 0.3) is 15.9 Å². The van der Waals surface area contributed by atoms with Crippen LogP contribution in [-0.2, 0) is 16.6 Å². The second-order valence-corrected chi connectivity index (χ2v) is 5.58. The lowest BCUT2D eigenvalue weighted by Crippen LogP contribution is -2.23. The second kappa shape index (κ2) is 5.85. The largest absolute Gasteiger partial charge is 0.438 e. The van der Waals surface area contributed by atoms with E-state index in [-0.39, 0.29) is 17.4 Å². The highest BCUT2D eigenvalue weighted by Gasteiger charge is 2.20. The van der Waals surface area contributed by atoms with Crippen LogP contribution in [-0.4, -0.2) is 26.4 Å². The van der Waals surface area contributed by atoms with Crippen LogP contribution in [0, 0.1) is 0 Å². The first-order valence-corrected chi connectivity index (χ1v) is 7.22. The minimum atomic E-state index is -3.80. The molecule has 7 nitrogen and oxygen atoms in total. The zero-order valence-corrected chi connectivity index (χ0v) is 11.5. The Labute approximate surface area is 116 Å². The van der Waals surface area contributed by atoms with E-state index in [1.54, 1.807) is 24.5 Å². The van der Waals surface area contributed by atoms with Crippen LogP contribution in [0.15, 0.2) is 46.2 Å². The number of carbonyl (C=O) groups excluding carboxylic acids is 1. The quantitative estimate of drug-likeness (QED) is 0.837. The normalized spacial score (nSPS) is 11.2. The molecule has 2 aromatic rings. The number of carbonyl (C=O) groups is 1. The molecule has 2 heterocycles. The van der Waals surface area contributed by atoms with Gasteiger partial charge in [-0.05, 0) is 23.8 Å². The van der Waals surface area contributed by atoms with E-state index >= 15 is 0 Å². The number of rotatable bonds is 5. The van der Waals surface area contributed by atoms with E-state index in [9.17, 15) is 13.2 Å². The summed E-state index contributed by atoms with van der Waals surface area (Å²) < 4.78 is 31.3. The molecule has 1 amide bonds. The summed E-state index contributed by atoms with van der Waals surface area (Å²) in [6.07, 6.45) is 3.15. The average Bonchev–Trinajstić information content (AvgIpc) is 2.96. The number of nitrogens with zero attached hydrogens (tertiary/aromatic N) is 1. The van der Waals surface area contributed by atoms with Crippen LogP contribution in [0.25, 0.3) is 0 Å². The molecule has 0 fully saturated rings. The van der Waals surface area contributed by atoms with E-state index in [0.29, 0.717) is 5.56 Å². The van der Waals surface area contributed by atoms with Gasteiger partial charge in [0.05, 0.1) is 0 Å². The highest BCUT2D eigenvalue weighted by Crippen LogP contribution is 2.14. The lowest BCUT2D eigenvalue weighted by Gasteiger charge is -2.03. The Kier molecular flexibility index (Phi) is 4.16. The van der Waals surface area contributed by atoms with E-state index in [4.69, 9.17) is 4.42 Å². The summed E-state index contributed by atoms with van der Waals surface area (Å²) in [7, 11) is -2.37. The summed E-state index contributed by atoms with van der Waals surface area (Å²) in [5.41, 5.74) is 0.717. The van der Waals surface area contributed by atoms with Crippen molar-refractivity contribution in [2.45, 2.75) is 11.6 Å². The van der Waals surface area contributed by atoms with Crippen molar-refractivity contribution in [3.05, 3.63) is 48.0 Å². The van der Waals surface area contributed by atoms with Crippen LogP contribution in [0.1, 0.15) is 16.1 Å². The topological polar surface area (TPSA) is 101 Å². The molecular formula is C12H13N3O4S. The smallest absolute Gasteiger partial charge is 0.286 e. The van der Waals surface area contributed by atoms with Crippen molar-refractivity contribution >= 4 is 15.9 Å². The molecule has 0 spiro atoms. The maximum atomic E-state index is 12.0. The SMILES string of the molecule is CNC(=O)c1ccc(S(=O)(=O)NCc2cccnc2)o1. The number of nitrogens with one attached hydrogen (secondary N) is 2. The van der Waals surface area contributed by atoms with Gasteiger partial charge >= 0.3 is 0 Å². The Bertz CT molecular complexity index is 695. The summed E-state index contributed by atoms with van der Waals surface area (Å²) in [4.78, 5) is 15.2. The van der Waals surface area contributed by atoms with E-state index in [1.165, 1.54) is 19.2 Å². The van der Waals surface area contributed by atoms with Gasteiger partial charge < -0.3 is 9.73 Å². The molecule has 0 saturated carbocycles. The predicted molar refractivity (Wildman–Crippen MR) is 70.4 cm³/mol. The van der Waals surface area contributed by atoms with Gasteiger partial charge in [0, 0.05) is 26.0 Å². The summed E-state index contributed by atoms with van der Waals surface area (Å²) >= 11 is 0. The maximum absolute atomic E-state index is 12.0. The minimum Gasteiger partial charge on any atom is -0.438 e. The first-order chi connectivity index (χ1) is 9.53. The standard InChI is InChI=1S/C12H13N3O4S/c1-13-12(16)10-4-5-11(19-10)20(17,18)15-8-9-3-2-6-14-7-9/h2-7,15H,8H2,1H3,(H,13,16). The fourth-order valence-electron chi connectivity index (χ4n) is 1.46. The molecule has 2 aromatic heterocycles. The summed E-state index contributed by atoms with van der Waals surface area (Å²) in [5.74, 6) is -0.548. The fraction of sp³-hybridized carbons (Fsp3) is 0.167. The number of sulfonamides is 1. The van der Waals surface area contributed by atoms with Crippen LogP contribution in [0.5, 0.6) is 0 Å². The van der Waals surface area contributed by atoms with E-state index in [0.717, 1.165) is 0 Å². The number of aromatic nitrogens is 1. The summed E-state index contributed by atoms with van der Waals surface area (Å²) in [6.45, 7) is 0.0895. The zero-order valence-electron chi connectivity index (χ0n) is 10.7. The number of hydrogen-bond donors (Lipinski definition) is 2. The van der Waals surface area contributed by atoms with Crippen LogP contribution in [0.3, 0.4) is 0 Å². The Hall–Kier alpha value is -2.19. The van der Waals surface area contributed by atoms with E-state index in [1.807, 2.05) is 0 Å². The molecule has 2 N–H and O–H groups in total. The van der Waals surface area contributed by atoms with Crippen molar-refractivity contribution in [3.8, 4) is 0 Å². The second-order valence-electron chi connectivity index (χ2n) is 3.88. The van der Waals surface area contributed by atoms with Crippen molar-refractivity contribution in [2.75, 3.05) is 7.05 Å².